The van der Waals surface area contributed by atoms with E-state index in [-0.39, 0.29) is 0 Å². The Balaban J connectivity index is 1.78. The molecule has 2 aromatic heterocycles. The lowest BCUT2D eigenvalue weighted by Crippen LogP contribution is -2.15. The fourth-order valence-corrected chi connectivity index (χ4v) is 1.85. The second-order valence-electron chi connectivity index (χ2n) is 4.82. The lowest BCUT2D eigenvalue weighted by atomic mass is 10.2. The molecule has 0 bridgehead atoms. The van der Waals surface area contributed by atoms with Crippen LogP contribution in [-0.4, -0.2) is 20.8 Å². The molecule has 2 heterocycles. The van der Waals surface area contributed by atoms with Gasteiger partial charge >= 0.3 is 6.18 Å². The van der Waals surface area contributed by atoms with Crippen LogP contribution in [0.1, 0.15) is 24.1 Å². The van der Waals surface area contributed by atoms with Gasteiger partial charge in [-0.15, -0.1) is 0 Å². The number of pyridine rings is 1. The van der Waals surface area contributed by atoms with Gasteiger partial charge in [-0.05, 0) is 36.6 Å². The number of nitrogens with one attached hydrogen (secondary N) is 1. The predicted octanol–water partition coefficient (Wildman–Crippen LogP) is 2.54. The number of hydrogen-bond donors (Lipinski definition) is 1. The van der Waals surface area contributed by atoms with Gasteiger partial charge in [-0.1, -0.05) is 0 Å². The highest BCUT2D eigenvalue weighted by molar-refractivity contribution is 5.27. The highest BCUT2D eigenvalue weighted by atomic mass is 19.4. The third-order valence-corrected chi connectivity index (χ3v) is 3.10. The summed E-state index contributed by atoms with van der Waals surface area (Å²) in [5, 5.41) is 6.85. The Hall–Kier alpha value is -1.89. The molecule has 0 radical (unpaired) electrons. The summed E-state index contributed by atoms with van der Waals surface area (Å²) in [5.41, 5.74) is 0.0618. The Kier molecular flexibility index (Phi) is 3.21. The zero-order valence-corrected chi connectivity index (χ0v) is 10.6. The van der Waals surface area contributed by atoms with Gasteiger partial charge in [0.05, 0.1) is 0 Å². The fraction of sp³-hybridized carbons (Fsp3) is 0.385. The summed E-state index contributed by atoms with van der Waals surface area (Å²) in [4.78, 5) is 4.05. The molecule has 0 spiro atoms. The van der Waals surface area contributed by atoms with E-state index in [0.717, 1.165) is 16.3 Å². The van der Waals surface area contributed by atoms with Crippen molar-refractivity contribution in [3.63, 3.8) is 0 Å². The molecule has 0 saturated heterocycles. The number of hydrogen-bond acceptors (Lipinski definition) is 3. The summed E-state index contributed by atoms with van der Waals surface area (Å²) < 4.78 is 38.7. The van der Waals surface area contributed by atoms with Crippen molar-refractivity contribution < 1.29 is 13.2 Å². The Bertz CT molecular complexity index is 602. The van der Waals surface area contributed by atoms with Crippen LogP contribution in [0.4, 0.5) is 13.2 Å². The van der Waals surface area contributed by atoms with Crippen molar-refractivity contribution in [3.8, 4) is 5.82 Å². The molecule has 2 aromatic rings. The fourth-order valence-electron chi connectivity index (χ4n) is 1.85. The summed E-state index contributed by atoms with van der Waals surface area (Å²) in [6.07, 6.45) is 0.784. The van der Waals surface area contributed by atoms with E-state index in [1.165, 1.54) is 19.0 Å². The van der Waals surface area contributed by atoms with Crippen LogP contribution in [0, 0.1) is 0 Å². The number of aromatic nitrogens is 3. The quantitative estimate of drug-likeness (QED) is 0.937. The SMILES string of the molecule is FC(F)(F)c1ccn(-c2cc(CNC3CC3)ccn2)n1. The molecular formula is C13H13F3N4. The average molecular weight is 282 g/mol. The average Bonchev–Trinajstić information content (AvgIpc) is 3.09. The Morgan fingerprint density at radius 1 is 1.30 bits per heavy atom. The van der Waals surface area contributed by atoms with E-state index in [1.54, 1.807) is 12.3 Å². The minimum absolute atomic E-state index is 0.385. The molecule has 106 valence electrons. The molecule has 1 fully saturated rings. The summed E-state index contributed by atoms with van der Waals surface area (Å²) in [7, 11) is 0. The maximum atomic E-state index is 12.5. The highest BCUT2D eigenvalue weighted by Crippen LogP contribution is 2.27. The van der Waals surface area contributed by atoms with Gasteiger partial charge in [0.2, 0.25) is 0 Å². The first-order valence-electron chi connectivity index (χ1n) is 6.34. The molecule has 4 nitrogen and oxygen atoms in total. The van der Waals surface area contributed by atoms with E-state index in [9.17, 15) is 13.2 Å². The van der Waals surface area contributed by atoms with Crippen molar-refractivity contribution in [3.05, 3.63) is 41.9 Å². The van der Waals surface area contributed by atoms with Gasteiger partial charge in [-0.25, -0.2) is 9.67 Å². The number of alkyl halides is 3. The smallest absolute Gasteiger partial charge is 0.310 e. The lowest BCUT2D eigenvalue weighted by Gasteiger charge is -2.06. The Labute approximate surface area is 113 Å². The van der Waals surface area contributed by atoms with E-state index in [1.807, 2.05) is 6.07 Å². The lowest BCUT2D eigenvalue weighted by molar-refractivity contribution is -0.141. The first-order chi connectivity index (χ1) is 9.52. The molecular weight excluding hydrogens is 269 g/mol. The van der Waals surface area contributed by atoms with E-state index in [4.69, 9.17) is 0 Å². The minimum atomic E-state index is -4.43. The monoisotopic (exact) mass is 282 g/mol. The summed E-state index contributed by atoms with van der Waals surface area (Å²) in [6.45, 7) is 0.688. The largest absolute Gasteiger partial charge is 0.435 e. The first-order valence-corrected chi connectivity index (χ1v) is 6.34. The third-order valence-electron chi connectivity index (χ3n) is 3.10. The zero-order chi connectivity index (χ0) is 14.2. The molecule has 1 aliphatic carbocycles. The summed E-state index contributed by atoms with van der Waals surface area (Å²) in [6, 6.07) is 5.10. The van der Waals surface area contributed by atoms with Crippen molar-refractivity contribution in [1.82, 2.24) is 20.1 Å². The number of halogens is 3. The van der Waals surface area contributed by atoms with Crippen molar-refractivity contribution in [1.29, 1.82) is 0 Å². The van der Waals surface area contributed by atoms with Gasteiger partial charge in [0.25, 0.3) is 0 Å². The van der Waals surface area contributed by atoms with Crippen molar-refractivity contribution in [2.45, 2.75) is 31.6 Å². The summed E-state index contributed by atoms with van der Waals surface area (Å²) in [5.74, 6) is 0.385. The molecule has 0 atom stereocenters. The van der Waals surface area contributed by atoms with Crippen LogP contribution in [0.15, 0.2) is 30.6 Å². The van der Waals surface area contributed by atoms with Gasteiger partial charge in [0.15, 0.2) is 11.5 Å². The van der Waals surface area contributed by atoms with Gasteiger partial charge < -0.3 is 5.32 Å². The topological polar surface area (TPSA) is 42.7 Å². The molecule has 0 unspecified atom stereocenters. The van der Waals surface area contributed by atoms with Crippen LogP contribution in [0.3, 0.4) is 0 Å². The molecule has 3 rings (SSSR count). The van der Waals surface area contributed by atoms with Gasteiger partial charge in [0.1, 0.15) is 0 Å². The molecule has 0 amide bonds. The zero-order valence-electron chi connectivity index (χ0n) is 10.6. The minimum Gasteiger partial charge on any atom is -0.310 e. The van der Waals surface area contributed by atoms with E-state index in [0.29, 0.717) is 18.4 Å². The predicted molar refractivity (Wildman–Crippen MR) is 66.2 cm³/mol. The van der Waals surface area contributed by atoms with Crippen LogP contribution >= 0.6 is 0 Å². The van der Waals surface area contributed by atoms with Crippen molar-refractivity contribution in [2.75, 3.05) is 0 Å². The Morgan fingerprint density at radius 3 is 2.75 bits per heavy atom. The van der Waals surface area contributed by atoms with Gasteiger partial charge in [0, 0.05) is 25.0 Å². The molecule has 1 aliphatic rings. The molecule has 1 saturated carbocycles. The van der Waals surface area contributed by atoms with E-state index < -0.39 is 11.9 Å². The summed E-state index contributed by atoms with van der Waals surface area (Å²) >= 11 is 0. The van der Waals surface area contributed by atoms with Gasteiger partial charge in [-0.2, -0.15) is 18.3 Å². The highest BCUT2D eigenvalue weighted by Gasteiger charge is 2.33. The Morgan fingerprint density at radius 2 is 2.10 bits per heavy atom. The van der Waals surface area contributed by atoms with Gasteiger partial charge in [-0.3, -0.25) is 0 Å². The second kappa shape index (κ2) is 4.90. The molecule has 0 aliphatic heterocycles. The molecule has 1 N–H and O–H groups in total. The maximum Gasteiger partial charge on any atom is 0.435 e. The van der Waals surface area contributed by atoms with E-state index in [2.05, 4.69) is 15.4 Å². The van der Waals surface area contributed by atoms with Crippen molar-refractivity contribution >= 4 is 0 Å². The molecule has 0 aromatic carbocycles. The maximum absolute atomic E-state index is 12.5. The van der Waals surface area contributed by atoms with E-state index >= 15 is 0 Å². The molecule has 20 heavy (non-hydrogen) atoms. The standard InChI is InChI=1S/C13H13F3N4/c14-13(15,16)11-4-6-20(19-11)12-7-9(3-5-17-12)8-18-10-1-2-10/h3-7,10,18H,1-2,8H2. The molecule has 7 heteroatoms. The van der Waals surface area contributed by atoms with Crippen LogP contribution in [0.2, 0.25) is 0 Å². The number of rotatable bonds is 4. The normalized spacial score (nSPS) is 15.6. The van der Waals surface area contributed by atoms with Crippen LogP contribution in [0.25, 0.3) is 5.82 Å². The third kappa shape index (κ3) is 2.98. The van der Waals surface area contributed by atoms with Crippen molar-refractivity contribution in [2.24, 2.45) is 0 Å². The van der Waals surface area contributed by atoms with Crippen LogP contribution in [-0.2, 0) is 12.7 Å². The van der Waals surface area contributed by atoms with Crippen LogP contribution < -0.4 is 5.32 Å². The number of nitrogens with zero attached hydrogens (tertiary/aromatic N) is 3. The van der Waals surface area contributed by atoms with Crippen LogP contribution in [0.5, 0.6) is 0 Å². The first kappa shape index (κ1) is 13.1. The second-order valence-corrected chi connectivity index (χ2v) is 4.82.